The number of hydrogen-bond donors (Lipinski definition) is 1. The molecule has 0 amide bonds. The monoisotopic (exact) mass is 337 g/mol. The molecule has 0 aromatic heterocycles. The molecule has 0 bridgehead atoms. The van der Waals surface area contributed by atoms with Gasteiger partial charge in [-0.25, -0.2) is 0 Å². The molecule has 1 N–H and O–H groups in total. The zero-order valence-corrected chi connectivity index (χ0v) is 13.7. The van der Waals surface area contributed by atoms with Gasteiger partial charge >= 0.3 is 0 Å². The molecular weight excluding hydrogens is 314 g/mol. The maximum atomic E-state index is 10.5. The molecule has 2 nitrogen and oxygen atoms in total. The molecule has 2 saturated heterocycles. The standard InChI is InChI=1S/C17H24NO.BrH/c1-17-14-7-8-15(17)16(19)12-18(17,10-9-14)11-13-5-3-2-4-6-13;/h2-6,14-16,19H,7-12H2,1H3;1H/q+1;/p-1/t14-,15+,16+,17+,18+;/m0./s1. The number of quaternary nitrogens is 1. The van der Waals surface area contributed by atoms with Gasteiger partial charge in [-0.05, 0) is 19.8 Å². The van der Waals surface area contributed by atoms with Crippen molar-refractivity contribution in [2.45, 2.75) is 44.4 Å². The summed E-state index contributed by atoms with van der Waals surface area (Å²) in [5.74, 6) is 1.39. The Labute approximate surface area is 132 Å². The van der Waals surface area contributed by atoms with Crippen LogP contribution in [0.2, 0.25) is 0 Å². The first kappa shape index (κ1) is 14.6. The predicted octanol–water partition coefficient (Wildman–Crippen LogP) is -0.429. The van der Waals surface area contributed by atoms with Gasteiger partial charge in [0.15, 0.2) is 0 Å². The summed E-state index contributed by atoms with van der Waals surface area (Å²) in [6.45, 7) is 5.83. The first-order chi connectivity index (χ1) is 9.16. The molecule has 1 aromatic rings. The van der Waals surface area contributed by atoms with E-state index in [4.69, 9.17) is 0 Å². The summed E-state index contributed by atoms with van der Waals surface area (Å²) < 4.78 is 1.15. The van der Waals surface area contributed by atoms with Crippen molar-refractivity contribution in [3.05, 3.63) is 35.9 Å². The number of aliphatic hydroxyl groups excluding tert-OH is 1. The predicted molar refractivity (Wildman–Crippen MR) is 75.4 cm³/mol. The van der Waals surface area contributed by atoms with Crippen LogP contribution in [0.5, 0.6) is 0 Å². The number of benzene rings is 1. The third kappa shape index (κ3) is 1.69. The molecule has 5 atom stereocenters. The van der Waals surface area contributed by atoms with Crippen LogP contribution in [0.1, 0.15) is 31.7 Å². The lowest BCUT2D eigenvalue weighted by atomic mass is 9.83. The van der Waals surface area contributed by atoms with Gasteiger partial charge in [0.2, 0.25) is 0 Å². The van der Waals surface area contributed by atoms with Crippen molar-refractivity contribution in [2.24, 2.45) is 11.8 Å². The Balaban J connectivity index is 0.00000121. The zero-order chi connectivity index (χ0) is 13.1. The Morgan fingerprint density at radius 1 is 1.20 bits per heavy atom. The fraction of sp³-hybridized carbons (Fsp3) is 0.647. The molecular formula is C17H24BrNO. The normalized spacial score (nSPS) is 45.2. The van der Waals surface area contributed by atoms with Crippen LogP contribution in [0, 0.1) is 11.8 Å². The number of aliphatic hydroxyl groups is 1. The lowest BCUT2D eigenvalue weighted by Gasteiger charge is -2.43. The van der Waals surface area contributed by atoms with Crippen LogP contribution in [0.25, 0.3) is 0 Å². The van der Waals surface area contributed by atoms with E-state index in [1.807, 2.05) is 0 Å². The van der Waals surface area contributed by atoms with E-state index in [0.29, 0.717) is 11.5 Å². The SMILES string of the molecule is C[C@@]12[C@H]3CC[C@@H]1[C@H](O)C[N@+]2(Cc1ccccc1)CC3.[Br-]. The minimum Gasteiger partial charge on any atom is -1.00 e. The summed E-state index contributed by atoms with van der Waals surface area (Å²) in [4.78, 5) is 0. The number of rotatable bonds is 2. The molecule has 0 unspecified atom stereocenters. The van der Waals surface area contributed by atoms with Crippen LogP contribution in [0.15, 0.2) is 30.3 Å². The van der Waals surface area contributed by atoms with E-state index in [0.717, 1.165) is 23.5 Å². The van der Waals surface area contributed by atoms with Gasteiger partial charge in [0.25, 0.3) is 0 Å². The second-order valence-corrected chi connectivity index (χ2v) is 7.16. The van der Waals surface area contributed by atoms with E-state index in [2.05, 4.69) is 37.3 Å². The molecule has 0 radical (unpaired) electrons. The van der Waals surface area contributed by atoms with E-state index in [9.17, 15) is 5.11 Å². The second kappa shape index (κ2) is 4.82. The van der Waals surface area contributed by atoms with Gasteiger partial charge in [0, 0.05) is 23.8 Å². The highest BCUT2D eigenvalue weighted by Crippen LogP contribution is 2.60. The second-order valence-electron chi connectivity index (χ2n) is 7.16. The van der Waals surface area contributed by atoms with Crippen molar-refractivity contribution in [3.8, 4) is 0 Å². The molecule has 3 aliphatic rings. The summed E-state index contributed by atoms with van der Waals surface area (Å²) in [5.41, 5.74) is 1.78. The highest BCUT2D eigenvalue weighted by molar-refractivity contribution is 5.15. The lowest BCUT2D eigenvalue weighted by Crippen LogP contribution is -3.00. The quantitative estimate of drug-likeness (QED) is 0.726. The molecule has 2 aliphatic heterocycles. The molecule has 3 heteroatoms. The Morgan fingerprint density at radius 3 is 2.70 bits per heavy atom. The Hall–Kier alpha value is -0.380. The minimum atomic E-state index is -0.0704. The average molecular weight is 338 g/mol. The molecule has 3 fully saturated rings. The van der Waals surface area contributed by atoms with Crippen LogP contribution in [-0.4, -0.2) is 34.3 Å². The topological polar surface area (TPSA) is 20.2 Å². The lowest BCUT2D eigenvalue weighted by molar-refractivity contribution is -0.966. The molecule has 1 aliphatic carbocycles. The molecule has 1 saturated carbocycles. The Kier molecular flexibility index (Phi) is 3.51. The first-order valence-corrected chi connectivity index (χ1v) is 7.74. The van der Waals surface area contributed by atoms with E-state index in [1.165, 1.54) is 31.4 Å². The molecule has 110 valence electrons. The Morgan fingerprint density at radius 2 is 1.95 bits per heavy atom. The van der Waals surface area contributed by atoms with Gasteiger partial charge in [-0.3, -0.25) is 0 Å². The van der Waals surface area contributed by atoms with Gasteiger partial charge in [0.05, 0.1) is 6.54 Å². The summed E-state index contributed by atoms with van der Waals surface area (Å²) in [5, 5.41) is 10.5. The average Bonchev–Trinajstić information content (AvgIpc) is 2.95. The summed E-state index contributed by atoms with van der Waals surface area (Å²) in [6, 6.07) is 10.9. The highest BCUT2D eigenvalue weighted by atomic mass is 79.9. The van der Waals surface area contributed by atoms with E-state index < -0.39 is 0 Å². The van der Waals surface area contributed by atoms with Crippen molar-refractivity contribution in [1.29, 1.82) is 0 Å². The Bertz CT molecular complexity index is 493. The maximum Gasteiger partial charge on any atom is 0.112 e. The minimum absolute atomic E-state index is 0. The fourth-order valence-corrected chi connectivity index (χ4v) is 5.69. The van der Waals surface area contributed by atoms with E-state index >= 15 is 0 Å². The fourth-order valence-electron chi connectivity index (χ4n) is 5.69. The van der Waals surface area contributed by atoms with Gasteiger partial charge < -0.3 is 26.6 Å². The summed E-state index contributed by atoms with van der Waals surface area (Å²) in [7, 11) is 0. The largest absolute Gasteiger partial charge is 1.00 e. The van der Waals surface area contributed by atoms with Crippen molar-refractivity contribution in [1.82, 2.24) is 0 Å². The van der Waals surface area contributed by atoms with Crippen LogP contribution >= 0.6 is 0 Å². The van der Waals surface area contributed by atoms with E-state index in [1.54, 1.807) is 0 Å². The third-order valence-corrected chi connectivity index (χ3v) is 6.66. The molecule has 0 spiro atoms. The van der Waals surface area contributed by atoms with Gasteiger partial charge in [-0.1, -0.05) is 30.3 Å². The number of nitrogens with zero attached hydrogens (tertiary/aromatic N) is 1. The summed E-state index contributed by atoms with van der Waals surface area (Å²) in [6.07, 6.45) is 3.88. The molecule has 20 heavy (non-hydrogen) atoms. The van der Waals surface area contributed by atoms with Gasteiger partial charge in [-0.15, -0.1) is 0 Å². The summed E-state index contributed by atoms with van der Waals surface area (Å²) >= 11 is 0. The van der Waals surface area contributed by atoms with Crippen molar-refractivity contribution < 1.29 is 26.6 Å². The highest BCUT2D eigenvalue weighted by Gasteiger charge is 2.70. The first-order valence-electron chi connectivity index (χ1n) is 7.74. The van der Waals surface area contributed by atoms with Crippen LogP contribution in [0.4, 0.5) is 0 Å². The van der Waals surface area contributed by atoms with Crippen LogP contribution < -0.4 is 17.0 Å². The van der Waals surface area contributed by atoms with Gasteiger partial charge in [0.1, 0.15) is 24.7 Å². The zero-order valence-electron chi connectivity index (χ0n) is 12.1. The maximum absolute atomic E-state index is 10.5. The number of hydrogen-bond acceptors (Lipinski definition) is 1. The van der Waals surface area contributed by atoms with Crippen LogP contribution in [0.3, 0.4) is 0 Å². The smallest absolute Gasteiger partial charge is 0.112 e. The molecule has 1 aromatic carbocycles. The molecule has 4 rings (SSSR count). The third-order valence-electron chi connectivity index (χ3n) is 6.66. The van der Waals surface area contributed by atoms with Crippen molar-refractivity contribution in [3.63, 3.8) is 0 Å². The van der Waals surface area contributed by atoms with Crippen molar-refractivity contribution >= 4 is 0 Å². The number of halogens is 1. The van der Waals surface area contributed by atoms with E-state index in [-0.39, 0.29) is 23.1 Å². The van der Waals surface area contributed by atoms with Crippen molar-refractivity contribution in [2.75, 3.05) is 13.1 Å². The molecule has 2 heterocycles. The van der Waals surface area contributed by atoms with Crippen LogP contribution in [-0.2, 0) is 6.54 Å². The van der Waals surface area contributed by atoms with Gasteiger partial charge in [-0.2, -0.15) is 0 Å².